The Kier molecular flexibility index (Phi) is 6.06. The van der Waals surface area contributed by atoms with Crippen LogP contribution in [-0.4, -0.2) is 12.6 Å². The van der Waals surface area contributed by atoms with Gasteiger partial charge in [-0.3, -0.25) is 0 Å². The predicted molar refractivity (Wildman–Crippen MR) is 86.4 cm³/mol. The van der Waals surface area contributed by atoms with Gasteiger partial charge in [-0.2, -0.15) is 31.6 Å². The van der Waals surface area contributed by atoms with Crippen molar-refractivity contribution in [3.8, 4) is 6.07 Å². The van der Waals surface area contributed by atoms with Gasteiger partial charge >= 0.3 is 18.3 Å². The van der Waals surface area contributed by atoms with Crippen LogP contribution in [-0.2, 0) is 26.6 Å². The Morgan fingerprint density at radius 1 is 1.23 bits per heavy atom. The molecule has 2 rings (SSSR count). The van der Waals surface area contributed by atoms with Crippen LogP contribution in [0.5, 0.6) is 0 Å². The molecule has 1 aliphatic rings. The molecule has 12 heteroatoms. The second-order valence-corrected chi connectivity index (χ2v) is 6.03. The van der Waals surface area contributed by atoms with Crippen LogP contribution in [0.15, 0.2) is 34.9 Å². The molecule has 2 N–H and O–H groups in total. The van der Waals surface area contributed by atoms with Gasteiger partial charge in [0.05, 0.1) is 29.2 Å². The fourth-order valence-electron chi connectivity index (χ4n) is 2.95. The summed E-state index contributed by atoms with van der Waals surface area (Å²) in [5, 5.41) is 9.35. The maximum Gasteiger partial charge on any atom is 0.416 e. The summed E-state index contributed by atoms with van der Waals surface area (Å²) in [7, 11) is 0. The van der Waals surface area contributed by atoms with Gasteiger partial charge in [0.2, 0.25) is 5.88 Å². The fourth-order valence-corrected chi connectivity index (χ4v) is 2.95. The number of hydrogen-bond acceptors (Lipinski definition) is 5. The third-order valence-electron chi connectivity index (χ3n) is 4.15. The molecule has 0 saturated heterocycles. The van der Waals surface area contributed by atoms with E-state index >= 15 is 0 Å². The summed E-state index contributed by atoms with van der Waals surface area (Å²) >= 11 is 0. The molecule has 0 radical (unpaired) electrons. The lowest BCUT2D eigenvalue weighted by Gasteiger charge is -2.29. The Morgan fingerprint density at radius 2 is 1.83 bits per heavy atom. The first kappa shape index (κ1) is 23.1. The maximum atomic E-state index is 14.8. The van der Waals surface area contributed by atoms with Gasteiger partial charge in [-0.1, -0.05) is 0 Å². The number of hydrogen-bond donors (Lipinski definition) is 1. The molecule has 0 aromatic heterocycles. The van der Waals surface area contributed by atoms with E-state index < -0.39 is 63.8 Å². The largest absolute Gasteiger partial charge is 0.463 e. The Hall–Kier alpha value is -3.23. The van der Waals surface area contributed by atoms with Gasteiger partial charge < -0.3 is 15.2 Å². The number of alkyl halides is 6. The Bertz CT molecular complexity index is 985. The van der Waals surface area contributed by atoms with E-state index in [1.54, 1.807) is 0 Å². The van der Waals surface area contributed by atoms with Crippen LogP contribution < -0.4 is 5.73 Å². The normalized spacial score (nSPS) is 17.5. The van der Waals surface area contributed by atoms with E-state index in [0.717, 1.165) is 6.92 Å². The molecule has 30 heavy (non-hydrogen) atoms. The van der Waals surface area contributed by atoms with Crippen molar-refractivity contribution in [2.75, 3.05) is 6.61 Å². The minimum absolute atomic E-state index is 0.149. The third kappa shape index (κ3) is 4.19. The molecule has 1 aromatic carbocycles. The lowest BCUT2D eigenvalue weighted by molar-refractivity contribution is -0.144. The first-order chi connectivity index (χ1) is 13.7. The van der Waals surface area contributed by atoms with Crippen molar-refractivity contribution >= 4 is 5.97 Å². The number of nitrogens with zero attached hydrogens (tertiary/aromatic N) is 1. The summed E-state index contributed by atoms with van der Waals surface area (Å²) in [6.07, 6.45) is -10.7. The minimum atomic E-state index is -5.46. The molecule has 1 atom stereocenters. The van der Waals surface area contributed by atoms with Gasteiger partial charge in [-0.15, -0.1) is 0 Å². The van der Waals surface area contributed by atoms with E-state index in [-0.39, 0.29) is 24.5 Å². The summed E-state index contributed by atoms with van der Waals surface area (Å²) < 4.78 is 104. The molecule has 0 fully saturated rings. The average Bonchev–Trinajstić information content (AvgIpc) is 2.59. The van der Waals surface area contributed by atoms with Crippen LogP contribution in [0, 0.1) is 17.1 Å². The molecule has 0 bridgehead atoms. The zero-order chi connectivity index (χ0) is 23.0. The highest BCUT2D eigenvalue weighted by Gasteiger charge is 2.46. The topological polar surface area (TPSA) is 85.3 Å². The quantitative estimate of drug-likeness (QED) is 0.555. The van der Waals surface area contributed by atoms with Crippen molar-refractivity contribution < 1.29 is 45.0 Å². The highest BCUT2D eigenvalue weighted by atomic mass is 19.4. The average molecular weight is 438 g/mol. The Labute approximate surface area is 165 Å². The Balaban J connectivity index is 2.94. The molecule has 1 unspecified atom stereocenters. The second kappa shape index (κ2) is 7.89. The molecule has 1 aromatic rings. The van der Waals surface area contributed by atoms with Gasteiger partial charge in [0.1, 0.15) is 23.2 Å². The van der Waals surface area contributed by atoms with Crippen molar-refractivity contribution in [3.63, 3.8) is 0 Å². The molecule has 5 nitrogen and oxygen atoms in total. The molecular weight excluding hydrogens is 425 g/mol. The van der Waals surface area contributed by atoms with Crippen LogP contribution >= 0.6 is 0 Å². The minimum Gasteiger partial charge on any atom is -0.463 e. The number of rotatable bonds is 3. The summed E-state index contributed by atoms with van der Waals surface area (Å²) in [5.41, 5.74) is -1.24. The zero-order valence-corrected chi connectivity index (χ0v) is 15.3. The van der Waals surface area contributed by atoms with Gasteiger partial charge in [-0.05, 0) is 26.0 Å². The van der Waals surface area contributed by atoms with E-state index in [1.807, 2.05) is 0 Å². The number of ether oxygens (including phenoxy) is 2. The van der Waals surface area contributed by atoms with Crippen LogP contribution in [0.3, 0.4) is 0 Å². The number of allylic oxidation sites excluding steroid dienone is 2. The molecule has 162 valence electrons. The molecule has 0 amide bonds. The van der Waals surface area contributed by atoms with Crippen LogP contribution in [0.25, 0.3) is 0 Å². The van der Waals surface area contributed by atoms with Crippen molar-refractivity contribution in [2.24, 2.45) is 5.73 Å². The zero-order valence-electron chi connectivity index (χ0n) is 15.3. The van der Waals surface area contributed by atoms with E-state index in [1.165, 1.54) is 13.0 Å². The predicted octanol–water partition coefficient (Wildman–Crippen LogP) is 4.51. The summed E-state index contributed by atoms with van der Waals surface area (Å²) in [6, 6.07) is 0.988. The van der Waals surface area contributed by atoms with E-state index in [9.17, 15) is 40.8 Å². The number of nitrogens with two attached hydrogens (primary N) is 1. The standard InChI is InChI=1S/C18H13F7N2O3/c1-3-29-16(28)12-7(2)30-15(27)9(6-26)13(12)14-10(18(23,24)25)4-8(5-11(14)19)17(20,21)22/h4-5,13H,3,27H2,1-2H3. The van der Waals surface area contributed by atoms with Gasteiger partial charge in [0.15, 0.2) is 0 Å². The van der Waals surface area contributed by atoms with Gasteiger partial charge in [0.25, 0.3) is 0 Å². The van der Waals surface area contributed by atoms with Gasteiger partial charge in [0, 0.05) is 5.56 Å². The van der Waals surface area contributed by atoms with Gasteiger partial charge in [-0.25, -0.2) is 9.18 Å². The number of benzene rings is 1. The summed E-state index contributed by atoms with van der Waals surface area (Å²) in [6.45, 7) is 2.25. The van der Waals surface area contributed by atoms with Crippen LogP contribution in [0.1, 0.15) is 36.5 Å². The molecule has 1 heterocycles. The Morgan fingerprint density at radius 3 is 2.30 bits per heavy atom. The first-order valence-electron chi connectivity index (χ1n) is 8.17. The van der Waals surface area contributed by atoms with Crippen molar-refractivity contribution in [1.82, 2.24) is 0 Å². The molecule has 0 spiro atoms. The number of carbonyl (C=O) groups excluding carboxylic acids is 1. The SMILES string of the molecule is CCOC(=O)C1=C(C)OC(N)=C(C#N)C1c1c(F)cc(C(F)(F)F)cc1C(F)(F)F. The number of esters is 1. The molecule has 1 aliphatic heterocycles. The molecular formula is C18H13F7N2O3. The monoisotopic (exact) mass is 438 g/mol. The van der Waals surface area contributed by atoms with E-state index in [4.69, 9.17) is 15.2 Å². The summed E-state index contributed by atoms with van der Waals surface area (Å²) in [4.78, 5) is 12.3. The first-order valence-corrected chi connectivity index (χ1v) is 8.17. The molecule has 0 saturated carbocycles. The summed E-state index contributed by atoms with van der Waals surface area (Å²) in [5.74, 6) is -6.38. The van der Waals surface area contributed by atoms with Crippen molar-refractivity contribution in [1.29, 1.82) is 5.26 Å². The lowest BCUT2D eigenvalue weighted by atomic mass is 9.80. The maximum absolute atomic E-state index is 14.8. The second-order valence-electron chi connectivity index (χ2n) is 6.03. The fraction of sp³-hybridized carbons (Fsp3) is 0.333. The molecule has 0 aliphatic carbocycles. The van der Waals surface area contributed by atoms with Crippen LogP contribution in [0.4, 0.5) is 30.7 Å². The number of nitriles is 1. The number of halogens is 7. The van der Waals surface area contributed by atoms with E-state index in [0.29, 0.717) is 0 Å². The lowest BCUT2D eigenvalue weighted by Crippen LogP contribution is -2.28. The number of carbonyl (C=O) groups is 1. The van der Waals surface area contributed by atoms with Crippen molar-refractivity contribution in [3.05, 3.63) is 57.4 Å². The highest BCUT2D eigenvalue weighted by Crippen LogP contribution is 2.47. The van der Waals surface area contributed by atoms with Crippen molar-refractivity contribution in [2.45, 2.75) is 32.1 Å². The third-order valence-corrected chi connectivity index (χ3v) is 4.15. The van der Waals surface area contributed by atoms with E-state index in [2.05, 4.69) is 0 Å². The highest BCUT2D eigenvalue weighted by molar-refractivity contribution is 5.92. The van der Waals surface area contributed by atoms with Crippen LogP contribution in [0.2, 0.25) is 0 Å². The smallest absolute Gasteiger partial charge is 0.416 e.